The summed E-state index contributed by atoms with van der Waals surface area (Å²) in [5.41, 5.74) is 0.662. The molecule has 0 unspecified atom stereocenters. The van der Waals surface area contributed by atoms with Gasteiger partial charge < -0.3 is 13.9 Å². The second kappa shape index (κ2) is 11.4. The van der Waals surface area contributed by atoms with Crippen LogP contribution in [0.5, 0.6) is 0 Å². The fourth-order valence-corrected chi connectivity index (χ4v) is 9.56. The van der Waals surface area contributed by atoms with Gasteiger partial charge in [-0.25, -0.2) is 0 Å². The van der Waals surface area contributed by atoms with E-state index in [1.165, 1.54) is 10.4 Å². The van der Waals surface area contributed by atoms with Crippen LogP contribution in [0.15, 0.2) is 91.0 Å². The van der Waals surface area contributed by atoms with E-state index in [4.69, 9.17) is 13.9 Å². The summed E-state index contributed by atoms with van der Waals surface area (Å²) in [7, 11) is -2.61. The number of rotatable bonds is 9. The molecule has 0 amide bonds. The third kappa shape index (κ3) is 5.99. The van der Waals surface area contributed by atoms with E-state index in [-0.39, 0.29) is 29.8 Å². The van der Waals surface area contributed by atoms with Crippen molar-refractivity contribution in [3.05, 3.63) is 96.6 Å². The molecule has 1 heterocycles. The van der Waals surface area contributed by atoms with Crippen LogP contribution in [0.1, 0.15) is 50.4 Å². The first kappa shape index (κ1) is 25.5. The van der Waals surface area contributed by atoms with Gasteiger partial charge in [-0.3, -0.25) is 4.79 Å². The number of carbonyl (C=O) groups is 1. The molecule has 3 aromatic carbocycles. The molecule has 4 rings (SSSR count). The van der Waals surface area contributed by atoms with E-state index in [0.717, 1.165) is 19.3 Å². The van der Waals surface area contributed by atoms with Gasteiger partial charge in [-0.2, -0.15) is 0 Å². The number of carbonyl (C=O) groups excluding carboxylic acids is 1. The zero-order chi connectivity index (χ0) is 24.7. The van der Waals surface area contributed by atoms with E-state index >= 15 is 0 Å². The van der Waals surface area contributed by atoms with E-state index < -0.39 is 8.32 Å². The highest BCUT2D eigenvalue weighted by Crippen LogP contribution is 2.37. The number of hydrogen-bond acceptors (Lipinski definition) is 4. The average Bonchev–Trinajstić information content (AvgIpc) is 2.89. The van der Waals surface area contributed by atoms with Crippen molar-refractivity contribution in [2.24, 2.45) is 0 Å². The lowest BCUT2D eigenvalue weighted by Crippen LogP contribution is -2.67. The summed E-state index contributed by atoms with van der Waals surface area (Å²) in [4.78, 5) is 12.5. The van der Waals surface area contributed by atoms with Crippen molar-refractivity contribution < 1.29 is 18.7 Å². The van der Waals surface area contributed by atoms with Crippen molar-refractivity contribution in [2.45, 2.75) is 57.5 Å². The molecule has 1 fully saturated rings. The maximum atomic E-state index is 12.5. The Hall–Kier alpha value is -2.57. The minimum Gasteiger partial charge on any atom is -0.405 e. The lowest BCUT2D eigenvalue weighted by Gasteiger charge is -2.44. The van der Waals surface area contributed by atoms with Crippen LogP contribution in [0.3, 0.4) is 0 Å². The van der Waals surface area contributed by atoms with E-state index in [1.54, 1.807) is 0 Å². The molecule has 5 heteroatoms. The van der Waals surface area contributed by atoms with Gasteiger partial charge in [0, 0.05) is 5.56 Å². The Labute approximate surface area is 210 Å². The smallest absolute Gasteiger partial charge is 0.261 e. The van der Waals surface area contributed by atoms with E-state index in [2.05, 4.69) is 81.4 Å². The monoisotopic (exact) mass is 488 g/mol. The third-order valence-corrected chi connectivity index (χ3v) is 11.7. The molecule has 0 aliphatic carbocycles. The van der Waals surface area contributed by atoms with Crippen LogP contribution < -0.4 is 10.4 Å². The first-order valence-electron chi connectivity index (χ1n) is 12.5. The van der Waals surface area contributed by atoms with Crippen molar-refractivity contribution in [1.82, 2.24) is 0 Å². The molecule has 2 atom stereocenters. The molecule has 0 N–H and O–H groups in total. The molecule has 0 spiro atoms. The Balaban J connectivity index is 1.47. The summed E-state index contributed by atoms with van der Waals surface area (Å²) >= 11 is 0. The third-order valence-electron chi connectivity index (χ3n) is 6.71. The predicted octanol–water partition coefficient (Wildman–Crippen LogP) is 5.36. The molecule has 1 saturated heterocycles. The summed E-state index contributed by atoms with van der Waals surface area (Å²) in [6, 6.07) is 30.6. The van der Waals surface area contributed by atoms with Crippen molar-refractivity contribution >= 4 is 24.5 Å². The molecule has 184 valence electrons. The SMILES string of the molecule is CC(C)(C)[Si](OC[C@H]1CCC[C@@H](OCC(=O)c2ccccc2)O1)(c1ccccc1)c1ccccc1. The van der Waals surface area contributed by atoms with Gasteiger partial charge in [0.05, 0.1) is 12.7 Å². The maximum Gasteiger partial charge on any atom is 0.261 e. The highest BCUT2D eigenvalue weighted by atomic mass is 28.4. The number of hydrogen-bond donors (Lipinski definition) is 0. The Kier molecular flexibility index (Phi) is 8.34. The fraction of sp³-hybridized carbons (Fsp3) is 0.367. The number of ether oxygens (including phenoxy) is 2. The van der Waals surface area contributed by atoms with Gasteiger partial charge in [0.25, 0.3) is 8.32 Å². The summed E-state index contributed by atoms with van der Waals surface area (Å²) in [5, 5.41) is 2.44. The van der Waals surface area contributed by atoms with Crippen LogP contribution in [-0.2, 0) is 13.9 Å². The standard InChI is InChI=1S/C30H36O4Si/c1-30(2,3)35(26-17-9-5-10-18-26,27-19-11-6-12-20-27)33-22-25-16-13-21-29(34-25)32-23-28(31)24-14-7-4-8-15-24/h4-12,14-15,17-20,25,29H,13,16,21-23H2,1-3H3/t25-,29+/m1/s1. The molecule has 4 nitrogen and oxygen atoms in total. The van der Waals surface area contributed by atoms with Gasteiger partial charge in [0.2, 0.25) is 0 Å². The summed E-state index contributed by atoms with van der Waals surface area (Å²) in [5.74, 6) is -0.0279. The predicted molar refractivity (Wildman–Crippen MR) is 143 cm³/mol. The molecule has 3 aromatic rings. The summed E-state index contributed by atoms with van der Waals surface area (Å²) in [6.07, 6.45) is 2.24. The topological polar surface area (TPSA) is 44.8 Å². The first-order valence-corrected chi connectivity index (χ1v) is 14.4. The largest absolute Gasteiger partial charge is 0.405 e. The normalized spacial score (nSPS) is 18.8. The van der Waals surface area contributed by atoms with Gasteiger partial charge in [0.15, 0.2) is 12.1 Å². The van der Waals surface area contributed by atoms with Gasteiger partial charge in [0.1, 0.15) is 6.61 Å². The minimum absolute atomic E-state index is 0.0248. The van der Waals surface area contributed by atoms with Crippen molar-refractivity contribution in [2.75, 3.05) is 13.2 Å². The minimum atomic E-state index is -2.61. The van der Waals surface area contributed by atoms with E-state index in [1.807, 2.05) is 30.3 Å². The zero-order valence-electron chi connectivity index (χ0n) is 21.0. The highest BCUT2D eigenvalue weighted by molar-refractivity contribution is 6.99. The first-order chi connectivity index (χ1) is 16.9. The lowest BCUT2D eigenvalue weighted by atomic mass is 10.1. The summed E-state index contributed by atoms with van der Waals surface area (Å²) < 4.78 is 19.2. The second-order valence-corrected chi connectivity index (χ2v) is 14.5. The Morgan fingerprint density at radius 2 is 1.40 bits per heavy atom. The molecule has 35 heavy (non-hydrogen) atoms. The van der Waals surface area contributed by atoms with Crippen LogP contribution in [0, 0.1) is 0 Å². The number of benzene rings is 3. The molecule has 0 radical (unpaired) electrons. The molecule has 0 aromatic heterocycles. The molecular formula is C30H36O4Si. The fourth-order valence-electron chi connectivity index (χ4n) is 4.96. The second-order valence-electron chi connectivity index (χ2n) is 10.2. The van der Waals surface area contributed by atoms with Crippen LogP contribution >= 0.6 is 0 Å². The van der Waals surface area contributed by atoms with Gasteiger partial charge in [-0.1, -0.05) is 112 Å². The lowest BCUT2D eigenvalue weighted by molar-refractivity contribution is -0.194. The van der Waals surface area contributed by atoms with Gasteiger partial charge in [-0.05, 0) is 34.7 Å². The van der Waals surface area contributed by atoms with Crippen LogP contribution in [0.25, 0.3) is 0 Å². The molecule has 0 saturated carbocycles. The zero-order valence-corrected chi connectivity index (χ0v) is 22.0. The maximum absolute atomic E-state index is 12.5. The van der Waals surface area contributed by atoms with E-state index in [9.17, 15) is 4.79 Å². The van der Waals surface area contributed by atoms with Crippen molar-refractivity contribution in [1.29, 1.82) is 0 Å². The van der Waals surface area contributed by atoms with Gasteiger partial charge >= 0.3 is 0 Å². The molecule has 1 aliphatic heterocycles. The molecule has 1 aliphatic rings. The quantitative estimate of drug-likeness (QED) is 0.301. The number of ketones is 1. The number of Topliss-reactive ketones (excluding diaryl/α,β-unsaturated/α-hetero) is 1. The van der Waals surface area contributed by atoms with Crippen LogP contribution in [0.4, 0.5) is 0 Å². The molecular weight excluding hydrogens is 452 g/mol. The van der Waals surface area contributed by atoms with Crippen molar-refractivity contribution in [3.8, 4) is 0 Å². The Morgan fingerprint density at radius 3 is 1.94 bits per heavy atom. The van der Waals surface area contributed by atoms with Gasteiger partial charge in [-0.15, -0.1) is 0 Å². The Bertz CT molecular complexity index is 1020. The Morgan fingerprint density at radius 1 is 0.857 bits per heavy atom. The van der Waals surface area contributed by atoms with Crippen LogP contribution in [0.2, 0.25) is 5.04 Å². The summed E-state index contributed by atoms with van der Waals surface area (Å²) in [6.45, 7) is 7.36. The molecule has 0 bridgehead atoms. The van der Waals surface area contributed by atoms with Crippen molar-refractivity contribution in [3.63, 3.8) is 0 Å². The highest BCUT2D eigenvalue weighted by Gasteiger charge is 2.50. The van der Waals surface area contributed by atoms with E-state index in [0.29, 0.717) is 12.2 Å². The van der Waals surface area contributed by atoms with Crippen LogP contribution in [-0.4, -0.2) is 39.7 Å². The average molecular weight is 489 g/mol.